The number of imide groups is 1. The lowest BCUT2D eigenvalue weighted by Crippen LogP contribution is -2.68. The first-order chi connectivity index (χ1) is 17.2. The van der Waals surface area contributed by atoms with E-state index >= 15 is 0 Å². The predicted octanol–water partition coefficient (Wildman–Crippen LogP) is 3.37. The molecule has 0 aliphatic carbocycles. The summed E-state index contributed by atoms with van der Waals surface area (Å²) in [5.74, 6) is -2.27. The topological polar surface area (TPSA) is 111 Å². The van der Waals surface area contributed by atoms with Crippen LogP contribution < -0.4 is 10.6 Å². The van der Waals surface area contributed by atoms with Crippen molar-refractivity contribution in [3.8, 4) is 0 Å². The van der Waals surface area contributed by atoms with E-state index in [1.165, 1.54) is 12.1 Å². The molecule has 12 heteroatoms. The molecule has 37 heavy (non-hydrogen) atoms. The normalized spacial score (nSPS) is 22.3. The van der Waals surface area contributed by atoms with Crippen LogP contribution in [0.25, 0.3) is 0 Å². The lowest BCUT2D eigenvalue weighted by Gasteiger charge is -2.37. The van der Waals surface area contributed by atoms with Crippen LogP contribution in [0.5, 0.6) is 0 Å². The van der Waals surface area contributed by atoms with E-state index in [9.17, 15) is 32.3 Å². The second kappa shape index (κ2) is 10.8. The van der Waals surface area contributed by atoms with Gasteiger partial charge in [0.05, 0.1) is 30.6 Å². The van der Waals surface area contributed by atoms with E-state index in [1.54, 1.807) is 27.7 Å². The minimum atomic E-state index is -4.77. The van der Waals surface area contributed by atoms with Crippen LogP contribution in [0.3, 0.4) is 0 Å². The number of likely N-dealkylation sites (tertiary alicyclic amines) is 1. The zero-order chi connectivity index (χ0) is 27.6. The van der Waals surface area contributed by atoms with Gasteiger partial charge in [-0.25, -0.2) is 9.59 Å². The number of rotatable bonds is 6. The molecule has 1 aromatic carbocycles. The molecule has 2 heterocycles. The number of benzene rings is 1. The second-order valence-corrected chi connectivity index (χ2v) is 10.3. The number of quaternary nitrogens is 1. The zero-order valence-corrected chi connectivity index (χ0v) is 21.3. The Kier molecular flexibility index (Phi) is 8.33. The van der Waals surface area contributed by atoms with Crippen LogP contribution in [0.1, 0.15) is 62.9 Å². The number of halogens is 3. The van der Waals surface area contributed by atoms with Gasteiger partial charge in [0.15, 0.2) is 6.04 Å². The van der Waals surface area contributed by atoms with Gasteiger partial charge in [-0.1, -0.05) is 32.9 Å². The van der Waals surface area contributed by atoms with E-state index in [0.717, 1.165) is 12.1 Å². The molecule has 2 saturated heterocycles. The number of urea groups is 1. The van der Waals surface area contributed by atoms with Crippen LogP contribution >= 0.6 is 0 Å². The molecule has 3 atom stereocenters. The smallest absolute Gasteiger partial charge is 0.427 e. The number of carbonyl (C=O) groups excluding carboxylic acids is 4. The van der Waals surface area contributed by atoms with E-state index in [4.69, 9.17) is 9.47 Å². The van der Waals surface area contributed by atoms with Gasteiger partial charge in [0.25, 0.3) is 5.91 Å². The van der Waals surface area contributed by atoms with Crippen molar-refractivity contribution in [2.75, 3.05) is 19.7 Å². The second-order valence-electron chi connectivity index (χ2n) is 10.3. The van der Waals surface area contributed by atoms with Crippen molar-refractivity contribution >= 4 is 23.8 Å². The summed E-state index contributed by atoms with van der Waals surface area (Å²) in [5.41, 5.74) is -2.69. The molecule has 1 aromatic rings. The number of esters is 1. The molecule has 0 saturated carbocycles. The lowest BCUT2D eigenvalue weighted by molar-refractivity contribution is -0.761. The number of hydrogen-bond donors (Lipinski definition) is 2. The summed E-state index contributed by atoms with van der Waals surface area (Å²) < 4.78 is 50.5. The summed E-state index contributed by atoms with van der Waals surface area (Å²) in [7, 11) is 0. The number of ether oxygens (including phenoxy) is 2. The van der Waals surface area contributed by atoms with Crippen LogP contribution in [-0.4, -0.2) is 66.4 Å². The van der Waals surface area contributed by atoms with Crippen molar-refractivity contribution in [2.24, 2.45) is 5.41 Å². The van der Waals surface area contributed by atoms with Crippen LogP contribution in [0.15, 0.2) is 24.3 Å². The fourth-order valence-corrected chi connectivity index (χ4v) is 4.70. The molecule has 204 valence electrons. The third-order valence-electron chi connectivity index (χ3n) is 6.62. The summed E-state index contributed by atoms with van der Waals surface area (Å²) in [6.07, 6.45) is -5.53. The first-order valence-electron chi connectivity index (χ1n) is 12.2. The monoisotopic (exact) mass is 528 g/mol. The van der Waals surface area contributed by atoms with Crippen molar-refractivity contribution in [1.29, 1.82) is 0 Å². The summed E-state index contributed by atoms with van der Waals surface area (Å²) in [6, 6.07) is 2.30. The third-order valence-corrected chi connectivity index (χ3v) is 6.62. The Bertz CT molecular complexity index is 1050. The molecule has 0 spiro atoms. The van der Waals surface area contributed by atoms with Crippen molar-refractivity contribution in [2.45, 2.75) is 71.5 Å². The molecule has 0 unspecified atom stereocenters. The van der Waals surface area contributed by atoms with Gasteiger partial charge in [-0.3, -0.25) is 14.9 Å². The molecular formula is C25H33F3N3O6+. The largest absolute Gasteiger partial charge is 0.439 e. The van der Waals surface area contributed by atoms with E-state index in [1.807, 2.05) is 0 Å². The Morgan fingerprint density at radius 1 is 1.14 bits per heavy atom. The van der Waals surface area contributed by atoms with Crippen molar-refractivity contribution in [1.82, 2.24) is 10.6 Å². The average molecular weight is 529 g/mol. The van der Waals surface area contributed by atoms with Gasteiger partial charge in [0.1, 0.15) is 6.10 Å². The maximum Gasteiger partial charge on any atom is 0.427 e. The Morgan fingerprint density at radius 2 is 1.76 bits per heavy atom. The quantitative estimate of drug-likeness (QED) is 0.433. The molecule has 3 rings (SSSR count). The zero-order valence-electron chi connectivity index (χ0n) is 21.3. The fourth-order valence-electron chi connectivity index (χ4n) is 4.70. The highest BCUT2D eigenvalue weighted by molar-refractivity contribution is 5.99. The van der Waals surface area contributed by atoms with Gasteiger partial charge in [-0.05, 0) is 24.5 Å². The number of cyclic esters (lactones) is 1. The third kappa shape index (κ3) is 6.12. The number of nitrogens with zero attached hydrogens (tertiary/aromatic N) is 1. The maximum atomic E-state index is 14.0. The van der Waals surface area contributed by atoms with Gasteiger partial charge in [0, 0.05) is 19.4 Å². The molecular weight excluding hydrogens is 495 g/mol. The SMILES string of the molecule is CCO[C@H]1CC(=O)O[C@H]1NC(=O)[N+]1(C(=O)[C@@H](NC(=O)c2ccccc2C(F)(F)F)C(C)(C)C)CCCC1. The van der Waals surface area contributed by atoms with Crippen LogP contribution in [0.2, 0.25) is 0 Å². The van der Waals surface area contributed by atoms with Gasteiger partial charge in [-0.15, -0.1) is 0 Å². The van der Waals surface area contributed by atoms with E-state index < -0.39 is 69.4 Å². The Morgan fingerprint density at radius 3 is 2.32 bits per heavy atom. The molecule has 9 nitrogen and oxygen atoms in total. The number of alkyl halides is 3. The van der Waals surface area contributed by atoms with Crippen LogP contribution in [0, 0.1) is 5.41 Å². The lowest BCUT2D eigenvalue weighted by atomic mass is 9.85. The number of nitrogens with one attached hydrogen (secondary N) is 2. The molecule has 2 aliphatic rings. The molecule has 0 radical (unpaired) electrons. The number of hydrogen-bond acceptors (Lipinski definition) is 6. The first kappa shape index (κ1) is 28.6. The molecule has 2 fully saturated rings. The first-order valence-corrected chi connectivity index (χ1v) is 12.2. The van der Waals surface area contributed by atoms with E-state index in [0.29, 0.717) is 12.8 Å². The summed E-state index contributed by atoms with van der Waals surface area (Å²) in [6.45, 7) is 7.23. The highest BCUT2D eigenvalue weighted by Crippen LogP contribution is 2.33. The standard InChI is InChI=1S/C25H32F3N3O6/c1-5-36-17-14-18(32)37-21(17)30-23(35)31(12-8-9-13-31)22(34)19(24(2,3)4)29-20(33)15-10-6-7-11-16(15)25(26,27)28/h6-7,10-11,17,19,21H,5,8-9,12-14H2,1-4H3,(H-,29,30,33,35)/p+1/t17-,19+,21+/m0/s1. The van der Waals surface area contributed by atoms with Crippen molar-refractivity contribution in [3.63, 3.8) is 0 Å². The van der Waals surface area contributed by atoms with Gasteiger partial charge >= 0.3 is 24.1 Å². The minimum absolute atomic E-state index is 0.0496. The van der Waals surface area contributed by atoms with Gasteiger partial charge in [0.2, 0.25) is 6.23 Å². The van der Waals surface area contributed by atoms with E-state index in [2.05, 4.69) is 10.6 Å². The van der Waals surface area contributed by atoms with Gasteiger partial charge in [-0.2, -0.15) is 17.7 Å². The van der Waals surface area contributed by atoms with E-state index in [-0.39, 0.29) is 26.1 Å². The highest BCUT2D eigenvalue weighted by Gasteiger charge is 2.55. The minimum Gasteiger partial charge on any atom is -0.439 e. The number of carbonyl (C=O) groups is 4. The Hall–Kier alpha value is -2.99. The highest BCUT2D eigenvalue weighted by atomic mass is 19.4. The molecule has 0 bridgehead atoms. The number of amides is 4. The molecule has 0 aromatic heterocycles. The van der Waals surface area contributed by atoms with Crippen LogP contribution in [-0.2, 0) is 25.2 Å². The van der Waals surface area contributed by atoms with Gasteiger partial charge < -0.3 is 14.8 Å². The summed E-state index contributed by atoms with van der Waals surface area (Å²) in [4.78, 5) is 52.4. The van der Waals surface area contributed by atoms with Crippen molar-refractivity contribution < 1.29 is 46.3 Å². The Labute approximate surface area is 213 Å². The van der Waals surface area contributed by atoms with Crippen LogP contribution in [0.4, 0.5) is 18.0 Å². The molecule has 2 aliphatic heterocycles. The molecule has 4 amide bonds. The molecule has 2 N–H and O–H groups in total. The average Bonchev–Trinajstić information content (AvgIpc) is 3.43. The predicted molar refractivity (Wildman–Crippen MR) is 125 cm³/mol. The summed E-state index contributed by atoms with van der Waals surface area (Å²) in [5, 5.41) is 5.09. The Balaban J connectivity index is 1.90. The fraction of sp³-hybridized carbons (Fsp3) is 0.600. The summed E-state index contributed by atoms with van der Waals surface area (Å²) >= 11 is 0. The van der Waals surface area contributed by atoms with Crippen molar-refractivity contribution in [3.05, 3.63) is 35.4 Å². The maximum absolute atomic E-state index is 14.0.